The molecule has 0 spiro atoms. The lowest BCUT2D eigenvalue weighted by molar-refractivity contribution is -0.131. The number of aliphatic hydroxyl groups excluding tert-OH is 1. The molecule has 0 heterocycles. The van der Waals surface area contributed by atoms with Crippen LogP contribution in [0.3, 0.4) is 0 Å². The van der Waals surface area contributed by atoms with Gasteiger partial charge in [0.25, 0.3) is 0 Å². The average Bonchev–Trinajstić information content (AvgIpc) is 2.48. The summed E-state index contributed by atoms with van der Waals surface area (Å²) in [7, 11) is 1.48. The molecule has 0 radical (unpaired) electrons. The Hall–Kier alpha value is -2.95. The summed E-state index contributed by atoms with van der Waals surface area (Å²) in [4.78, 5) is 34.4. The van der Waals surface area contributed by atoms with Crippen molar-refractivity contribution in [3.63, 3.8) is 0 Å². The summed E-state index contributed by atoms with van der Waals surface area (Å²) in [6, 6.07) is 6.89. The van der Waals surface area contributed by atoms with Gasteiger partial charge >= 0.3 is 0 Å². The van der Waals surface area contributed by atoms with E-state index in [1.54, 1.807) is 24.3 Å². The van der Waals surface area contributed by atoms with Crippen molar-refractivity contribution < 1.29 is 24.2 Å². The normalized spacial score (nSPS) is 15.3. The fourth-order valence-electron chi connectivity index (χ4n) is 2.14. The van der Waals surface area contributed by atoms with Gasteiger partial charge in [0.2, 0.25) is 11.6 Å². The van der Waals surface area contributed by atoms with Crippen molar-refractivity contribution in [1.82, 2.24) is 0 Å². The third-order valence-corrected chi connectivity index (χ3v) is 3.10. The van der Waals surface area contributed by atoms with Crippen LogP contribution in [0.15, 0.2) is 53.8 Å². The predicted molar refractivity (Wildman–Crippen MR) is 80.5 cm³/mol. The average molecular weight is 298 g/mol. The molecule has 1 N–H and O–H groups in total. The predicted octanol–water partition coefficient (Wildman–Crippen LogP) is 2.19. The summed E-state index contributed by atoms with van der Waals surface area (Å²) in [6.07, 6.45) is 3.16. The number of ether oxygens (including phenoxy) is 1. The first-order valence-electron chi connectivity index (χ1n) is 6.51. The van der Waals surface area contributed by atoms with Gasteiger partial charge < -0.3 is 9.84 Å². The van der Waals surface area contributed by atoms with E-state index in [1.807, 2.05) is 0 Å². The Morgan fingerprint density at radius 1 is 1.14 bits per heavy atom. The lowest BCUT2D eigenvalue weighted by atomic mass is 9.90. The van der Waals surface area contributed by atoms with Crippen molar-refractivity contribution in [2.24, 2.45) is 0 Å². The first-order chi connectivity index (χ1) is 10.4. The highest BCUT2D eigenvalue weighted by Crippen LogP contribution is 2.34. The van der Waals surface area contributed by atoms with E-state index in [0.717, 1.165) is 12.2 Å². The highest BCUT2D eigenvalue weighted by atomic mass is 16.5. The Morgan fingerprint density at radius 2 is 1.77 bits per heavy atom. The minimum Gasteiger partial charge on any atom is -0.507 e. The number of aliphatic hydroxyl groups is 1. The maximum Gasteiger partial charge on any atom is 0.229 e. The minimum atomic E-state index is -0.802. The van der Waals surface area contributed by atoms with Crippen LogP contribution < -0.4 is 4.74 Å². The molecule has 0 amide bonds. The summed E-state index contributed by atoms with van der Waals surface area (Å²) in [6.45, 7) is 1.35. The van der Waals surface area contributed by atoms with E-state index in [9.17, 15) is 19.5 Å². The van der Waals surface area contributed by atoms with Crippen molar-refractivity contribution in [2.45, 2.75) is 6.92 Å². The van der Waals surface area contributed by atoms with Crippen LogP contribution in [0.5, 0.6) is 5.75 Å². The van der Waals surface area contributed by atoms with Gasteiger partial charge in [0.05, 0.1) is 7.11 Å². The molecule has 0 saturated carbocycles. The summed E-state index contributed by atoms with van der Waals surface area (Å²) >= 11 is 0. The van der Waals surface area contributed by atoms with Crippen LogP contribution in [0.25, 0.3) is 5.57 Å². The number of carbonyl (C=O) groups excluding carboxylic acids is 3. The third kappa shape index (κ3) is 3.03. The van der Waals surface area contributed by atoms with Crippen LogP contribution >= 0.6 is 0 Å². The Morgan fingerprint density at radius 3 is 2.41 bits per heavy atom. The summed E-state index contributed by atoms with van der Waals surface area (Å²) in [5.41, 5.74) is 0.970. The van der Waals surface area contributed by atoms with Crippen LogP contribution in [-0.4, -0.2) is 29.6 Å². The van der Waals surface area contributed by atoms with Crippen molar-refractivity contribution in [3.05, 3.63) is 59.4 Å². The van der Waals surface area contributed by atoms with E-state index in [0.29, 0.717) is 16.9 Å². The van der Waals surface area contributed by atoms with E-state index in [-0.39, 0.29) is 17.1 Å². The van der Waals surface area contributed by atoms with Gasteiger partial charge in [-0.2, -0.15) is 0 Å². The highest BCUT2D eigenvalue weighted by molar-refractivity contribution is 6.47. The molecule has 0 unspecified atom stereocenters. The molecule has 5 heteroatoms. The summed E-state index contributed by atoms with van der Waals surface area (Å²) in [5, 5.41) is 9.99. The topological polar surface area (TPSA) is 80.7 Å². The van der Waals surface area contributed by atoms with Gasteiger partial charge in [0.1, 0.15) is 11.5 Å². The van der Waals surface area contributed by atoms with Gasteiger partial charge in [-0.05, 0) is 24.6 Å². The monoisotopic (exact) mass is 298 g/mol. The molecule has 0 bridgehead atoms. The fourth-order valence-corrected chi connectivity index (χ4v) is 2.14. The molecule has 5 nitrogen and oxygen atoms in total. The first-order valence-corrected chi connectivity index (χ1v) is 6.51. The second-order valence-electron chi connectivity index (χ2n) is 4.69. The number of methoxy groups -OCH3 is 1. The van der Waals surface area contributed by atoms with Crippen LogP contribution in [0, 0.1) is 0 Å². The Labute approximate surface area is 127 Å². The van der Waals surface area contributed by atoms with Gasteiger partial charge in [-0.1, -0.05) is 18.2 Å². The molecular formula is C17H14O5. The molecule has 22 heavy (non-hydrogen) atoms. The Balaban J connectivity index is 2.66. The van der Waals surface area contributed by atoms with Crippen molar-refractivity contribution in [1.29, 1.82) is 0 Å². The zero-order valence-corrected chi connectivity index (χ0v) is 12.1. The molecule has 2 rings (SSSR count). The number of hydrogen-bond donors (Lipinski definition) is 1. The molecule has 1 aromatic rings. The van der Waals surface area contributed by atoms with Gasteiger partial charge in [-0.3, -0.25) is 14.4 Å². The second-order valence-corrected chi connectivity index (χ2v) is 4.69. The Bertz CT molecular complexity index is 750. The first kappa shape index (κ1) is 15.4. The maximum absolute atomic E-state index is 11.6. The van der Waals surface area contributed by atoms with Gasteiger partial charge in [-0.25, -0.2) is 0 Å². The minimum absolute atomic E-state index is 0.115. The second kappa shape index (κ2) is 6.22. The highest BCUT2D eigenvalue weighted by Gasteiger charge is 2.24. The molecule has 1 aromatic carbocycles. The molecule has 0 fully saturated rings. The number of allylic oxidation sites excluding steroid dienone is 4. The number of rotatable bonds is 4. The smallest absolute Gasteiger partial charge is 0.229 e. The van der Waals surface area contributed by atoms with E-state index in [2.05, 4.69) is 0 Å². The Kier molecular flexibility index (Phi) is 4.36. The zero-order valence-electron chi connectivity index (χ0n) is 12.1. The van der Waals surface area contributed by atoms with E-state index < -0.39 is 11.6 Å². The van der Waals surface area contributed by atoms with Gasteiger partial charge in [0, 0.05) is 23.3 Å². The van der Waals surface area contributed by atoms with E-state index in [4.69, 9.17) is 4.74 Å². The number of ketones is 3. The van der Waals surface area contributed by atoms with Crippen molar-refractivity contribution in [2.75, 3.05) is 7.11 Å². The van der Waals surface area contributed by atoms with E-state index >= 15 is 0 Å². The molecule has 112 valence electrons. The SMILES string of the molecule is COc1ccccc1C(=CC(C)=O)C1=CC(=O)C(=O)C=C1O. The zero-order chi connectivity index (χ0) is 16.3. The lowest BCUT2D eigenvalue weighted by Crippen LogP contribution is -2.16. The quantitative estimate of drug-likeness (QED) is 0.523. The molecule has 0 aromatic heterocycles. The number of para-hydroxylation sites is 1. The molecular weight excluding hydrogens is 284 g/mol. The molecule has 0 saturated heterocycles. The van der Waals surface area contributed by atoms with Crippen LogP contribution in [0.2, 0.25) is 0 Å². The summed E-state index contributed by atoms with van der Waals surface area (Å²) in [5.74, 6) is -1.70. The number of carbonyl (C=O) groups is 3. The largest absolute Gasteiger partial charge is 0.507 e. The van der Waals surface area contributed by atoms with E-state index in [1.165, 1.54) is 20.1 Å². The maximum atomic E-state index is 11.6. The molecule has 1 aliphatic carbocycles. The lowest BCUT2D eigenvalue weighted by Gasteiger charge is -2.16. The van der Waals surface area contributed by atoms with Crippen LogP contribution in [0.4, 0.5) is 0 Å². The molecule has 0 aliphatic heterocycles. The van der Waals surface area contributed by atoms with Crippen molar-refractivity contribution in [3.8, 4) is 5.75 Å². The van der Waals surface area contributed by atoms with Gasteiger partial charge in [-0.15, -0.1) is 0 Å². The van der Waals surface area contributed by atoms with Gasteiger partial charge in [0.15, 0.2) is 5.78 Å². The van der Waals surface area contributed by atoms with Crippen LogP contribution in [0.1, 0.15) is 12.5 Å². The fraction of sp³-hybridized carbons (Fsp3) is 0.118. The van der Waals surface area contributed by atoms with Crippen molar-refractivity contribution >= 4 is 22.9 Å². The number of benzene rings is 1. The third-order valence-electron chi connectivity index (χ3n) is 3.10. The molecule has 0 atom stereocenters. The standard InChI is InChI=1S/C17H14O5/c1-10(18)7-12(11-5-3-4-6-17(11)22-2)13-8-15(20)16(21)9-14(13)19/h3-9,19H,1-2H3. The van der Waals surface area contributed by atoms with Crippen LogP contribution in [-0.2, 0) is 14.4 Å². The summed E-state index contributed by atoms with van der Waals surface area (Å²) < 4.78 is 5.25. The molecule has 1 aliphatic rings. The number of hydrogen-bond acceptors (Lipinski definition) is 5.